The summed E-state index contributed by atoms with van der Waals surface area (Å²) in [5.41, 5.74) is 1.51. The van der Waals surface area contributed by atoms with Crippen molar-refractivity contribution in [2.24, 2.45) is 11.8 Å². The molecule has 1 aliphatic rings. The van der Waals surface area contributed by atoms with Crippen LogP contribution in [0.3, 0.4) is 0 Å². The van der Waals surface area contributed by atoms with Gasteiger partial charge in [0.2, 0.25) is 0 Å². The number of hydrogen-bond acceptors (Lipinski definition) is 2. The monoisotopic (exact) mass is 276 g/mol. The molecule has 2 amide bonds. The maximum Gasteiger partial charge on any atom is 0.319 e. The quantitative estimate of drug-likeness (QED) is 0.747. The zero-order valence-electron chi connectivity index (χ0n) is 11.6. The molecule has 0 saturated heterocycles. The van der Waals surface area contributed by atoms with Gasteiger partial charge in [0, 0.05) is 18.7 Å². The summed E-state index contributed by atoms with van der Waals surface area (Å²) < 4.78 is 0. The van der Waals surface area contributed by atoms with Crippen molar-refractivity contribution < 1.29 is 14.7 Å². The molecule has 0 radical (unpaired) electrons. The fourth-order valence-electron chi connectivity index (χ4n) is 2.18. The molecule has 1 saturated carbocycles. The van der Waals surface area contributed by atoms with E-state index in [4.69, 9.17) is 5.11 Å². The molecule has 0 spiro atoms. The number of anilines is 1. The Bertz CT molecular complexity index is 502. The predicted octanol–water partition coefficient (Wildman–Crippen LogP) is 2.48. The number of carbonyl (C=O) groups is 2. The van der Waals surface area contributed by atoms with Crippen molar-refractivity contribution in [3.05, 3.63) is 29.8 Å². The Morgan fingerprint density at radius 3 is 2.70 bits per heavy atom. The Morgan fingerprint density at radius 1 is 1.35 bits per heavy atom. The maximum atomic E-state index is 11.8. The molecular formula is C15H20N2O3. The van der Waals surface area contributed by atoms with Crippen molar-refractivity contribution in [3.63, 3.8) is 0 Å². The summed E-state index contributed by atoms with van der Waals surface area (Å²) in [7, 11) is 0. The van der Waals surface area contributed by atoms with Crippen LogP contribution in [0.2, 0.25) is 0 Å². The van der Waals surface area contributed by atoms with Crippen LogP contribution in [0, 0.1) is 11.8 Å². The fourth-order valence-corrected chi connectivity index (χ4v) is 2.18. The number of carboxylic acids is 1. The molecule has 108 valence electrons. The topological polar surface area (TPSA) is 78.4 Å². The van der Waals surface area contributed by atoms with E-state index >= 15 is 0 Å². The number of hydrogen-bond donors (Lipinski definition) is 3. The molecule has 5 nitrogen and oxygen atoms in total. The van der Waals surface area contributed by atoms with Gasteiger partial charge in [-0.15, -0.1) is 0 Å². The molecule has 1 aromatic rings. The summed E-state index contributed by atoms with van der Waals surface area (Å²) in [6, 6.07) is 7.05. The summed E-state index contributed by atoms with van der Waals surface area (Å²) in [5.74, 6) is 0.466. The SMILES string of the molecule is CC1CC1CNC(=O)Nc1ccccc1CCC(=O)O. The van der Waals surface area contributed by atoms with Crippen LogP contribution in [0.1, 0.15) is 25.3 Å². The third-order valence-electron chi connectivity index (χ3n) is 3.67. The Hall–Kier alpha value is -2.04. The highest BCUT2D eigenvalue weighted by molar-refractivity contribution is 5.90. The van der Waals surface area contributed by atoms with Crippen molar-refractivity contribution in [2.45, 2.75) is 26.2 Å². The van der Waals surface area contributed by atoms with Gasteiger partial charge < -0.3 is 15.7 Å². The normalized spacial score (nSPS) is 20.2. The van der Waals surface area contributed by atoms with Gasteiger partial charge in [-0.3, -0.25) is 4.79 Å². The van der Waals surface area contributed by atoms with E-state index in [0.717, 1.165) is 5.56 Å². The van der Waals surface area contributed by atoms with Crippen LogP contribution in [0.25, 0.3) is 0 Å². The number of aliphatic carboxylic acids is 1. The van der Waals surface area contributed by atoms with E-state index in [1.807, 2.05) is 18.2 Å². The first kappa shape index (κ1) is 14.4. The van der Waals surface area contributed by atoms with Gasteiger partial charge in [0.1, 0.15) is 0 Å². The van der Waals surface area contributed by atoms with Gasteiger partial charge in [0.15, 0.2) is 0 Å². The molecule has 2 rings (SSSR count). The molecule has 3 N–H and O–H groups in total. The molecule has 1 fully saturated rings. The minimum absolute atomic E-state index is 0.0555. The Balaban J connectivity index is 1.87. The molecule has 2 unspecified atom stereocenters. The summed E-state index contributed by atoms with van der Waals surface area (Å²) in [6.45, 7) is 2.87. The molecule has 0 bridgehead atoms. The number of carboxylic acid groups (broad SMARTS) is 1. The Kier molecular flexibility index (Phi) is 4.61. The largest absolute Gasteiger partial charge is 0.481 e. The standard InChI is InChI=1S/C15H20N2O3/c1-10-8-12(10)9-16-15(20)17-13-5-3-2-4-11(13)6-7-14(18)19/h2-5,10,12H,6-9H2,1H3,(H,18,19)(H2,16,17,20). The van der Waals surface area contributed by atoms with Crippen LogP contribution < -0.4 is 10.6 Å². The molecular weight excluding hydrogens is 256 g/mol. The van der Waals surface area contributed by atoms with Gasteiger partial charge in [0.05, 0.1) is 0 Å². The molecule has 0 aliphatic heterocycles. The molecule has 5 heteroatoms. The molecule has 1 aromatic carbocycles. The highest BCUT2D eigenvalue weighted by Gasteiger charge is 2.32. The van der Waals surface area contributed by atoms with Crippen LogP contribution in [0.5, 0.6) is 0 Å². The van der Waals surface area contributed by atoms with Gasteiger partial charge in [-0.1, -0.05) is 25.1 Å². The second kappa shape index (κ2) is 6.41. The van der Waals surface area contributed by atoms with Crippen LogP contribution in [-0.4, -0.2) is 23.7 Å². The van der Waals surface area contributed by atoms with Crippen LogP contribution in [0.15, 0.2) is 24.3 Å². The molecule has 2 atom stereocenters. The maximum absolute atomic E-state index is 11.8. The number of carbonyl (C=O) groups excluding carboxylic acids is 1. The van der Waals surface area contributed by atoms with Crippen molar-refractivity contribution in [1.82, 2.24) is 5.32 Å². The third-order valence-corrected chi connectivity index (χ3v) is 3.67. The summed E-state index contributed by atoms with van der Waals surface area (Å²) in [6.07, 6.45) is 1.64. The minimum Gasteiger partial charge on any atom is -0.481 e. The lowest BCUT2D eigenvalue weighted by Crippen LogP contribution is -2.31. The number of rotatable bonds is 6. The number of urea groups is 1. The second-order valence-corrected chi connectivity index (χ2v) is 5.36. The van der Waals surface area contributed by atoms with E-state index in [-0.39, 0.29) is 12.5 Å². The second-order valence-electron chi connectivity index (χ2n) is 5.36. The van der Waals surface area contributed by atoms with E-state index in [1.165, 1.54) is 6.42 Å². The first-order valence-corrected chi connectivity index (χ1v) is 6.91. The highest BCUT2D eigenvalue weighted by Crippen LogP contribution is 2.36. The van der Waals surface area contributed by atoms with Crippen molar-refractivity contribution in [1.29, 1.82) is 0 Å². The smallest absolute Gasteiger partial charge is 0.319 e. The lowest BCUT2D eigenvalue weighted by molar-refractivity contribution is -0.136. The number of para-hydroxylation sites is 1. The van der Waals surface area contributed by atoms with Gasteiger partial charge in [-0.2, -0.15) is 0 Å². The summed E-state index contributed by atoms with van der Waals surface area (Å²) in [5, 5.41) is 14.4. The number of aryl methyl sites for hydroxylation is 1. The number of benzene rings is 1. The Morgan fingerprint density at radius 2 is 2.05 bits per heavy atom. The van der Waals surface area contributed by atoms with Crippen molar-refractivity contribution >= 4 is 17.7 Å². The zero-order valence-corrected chi connectivity index (χ0v) is 11.6. The lowest BCUT2D eigenvalue weighted by atomic mass is 10.1. The van der Waals surface area contributed by atoms with E-state index in [1.54, 1.807) is 6.07 Å². The Labute approximate surface area is 118 Å². The van der Waals surface area contributed by atoms with E-state index in [9.17, 15) is 9.59 Å². The van der Waals surface area contributed by atoms with E-state index in [0.29, 0.717) is 30.5 Å². The highest BCUT2D eigenvalue weighted by atomic mass is 16.4. The lowest BCUT2D eigenvalue weighted by Gasteiger charge is -2.11. The van der Waals surface area contributed by atoms with E-state index in [2.05, 4.69) is 17.6 Å². The van der Waals surface area contributed by atoms with Crippen LogP contribution in [0.4, 0.5) is 10.5 Å². The molecule has 0 aromatic heterocycles. The zero-order chi connectivity index (χ0) is 14.5. The van der Waals surface area contributed by atoms with Gasteiger partial charge in [-0.05, 0) is 36.3 Å². The summed E-state index contributed by atoms with van der Waals surface area (Å²) in [4.78, 5) is 22.4. The molecule has 1 aliphatic carbocycles. The number of nitrogens with one attached hydrogen (secondary N) is 2. The average Bonchev–Trinajstić information content (AvgIpc) is 3.11. The first-order valence-electron chi connectivity index (χ1n) is 6.91. The average molecular weight is 276 g/mol. The molecule has 20 heavy (non-hydrogen) atoms. The van der Waals surface area contributed by atoms with E-state index < -0.39 is 5.97 Å². The molecule has 0 heterocycles. The van der Waals surface area contributed by atoms with Gasteiger partial charge >= 0.3 is 12.0 Å². The minimum atomic E-state index is -0.841. The van der Waals surface area contributed by atoms with Crippen molar-refractivity contribution in [2.75, 3.05) is 11.9 Å². The fraction of sp³-hybridized carbons (Fsp3) is 0.467. The van der Waals surface area contributed by atoms with Gasteiger partial charge in [0.25, 0.3) is 0 Å². The summed E-state index contributed by atoms with van der Waals surface area (Å²) >= 11 is 0. The predicted molar refractivity (Wildman–Crippen MR) is 76.7 cm³/mol. The van der Waals surface area contributed by atoms with Gasteiger partial charge in [-0.25, -0.2) is 4.79 Å². The number of amides is 2. The first-order chi connectivity index (χ1) is 9.56. The van der Waals surface area contributed by atoms with Crippen LogP contribution in [-0.2, 0) is 11.2 Å². The van der Waals surface area contributed by atoms with Crippen LogP contribution >= 0.6 is 0 Å². The third kappa shape index (κ3) is 4.26. The van der Waals surface area contributed by atoms with Crippen molar-refractivity contribution in [3.8, 4) is 0 Å².